The Hall–Kier alpha value is -3.31. The van der Waals surface area contributed by atoms with Gasteiger partial charge in [0.25, 0.3) is 0 Å². The summed E-state index contributed by atoms with van der Waals surface area (Å²) in [5.41, 5.74) is 8.26. The third kappa shape index (κ3) is 3.64. The molecule has 1 atom stereocenters. The molecule has 0 saturated heterocycles. The molecule has 2 aliphatic rings. The first-order chi connectivity index (χ1) is 16.6. The van der Waals surface area contributed by atoms with E-state index in [2.05, 4.69) is 59.4 Å². The molecule has 0 fully saturated rings. The van der Waals surface area contributed by atoms with E-state index in [4.69, 9.17) is 0 Å². The van der Waals surface area contributed by atoms with Crippen LogP contribution in [0.5, 0.6) is 0 Å². The zero-order valence-electron chi connectivity index (χ0n) is 19.7. The summed E-state index contributed by atoms with van der Waals surface area (Å²) >= 11 is 1.92. The number of anilines is 1. The molecular formula is C29H29N3OS. The maximum absolute atomic E-state index is 13.9. The molecule has 0 unspecified atom stereocenters. The van der Waals surface area contributed by atoms with Crippen LogP contribution in [0.3, 0.4) is 0 Å². The molecule has 1 N–H and O–H groups in total. The van der Waals surface area contributed by atoms with Gasteiger partial charge in [-0.2, -0.15) is 0 Å². The van der Waals surface area contributed by atoms with Gasteiger partial charge < -0.3 is 14.8 Å². The summed E-state index contributed by atoms with van der Waals surface area (Å²) in [6.07, 6.45) is 6.92. The van der Waals surface area contributed by atoms with Gasteiger partial charge in [0.1, 0.15) is 5.00 Å². The molecule has 0 spiro atoms. The fourth-order valence-electron chi connectivity index (χ4n) is 5.40. The summed E-state index contributed by atoms with van der Waals surface area (Å²) in [6, 6.07) is 20.7. The lowest BCUT2D eigenvalue weighted by Gasteiger charge is -2.31. The predicted octanol–water partition coefficient (Wildman–Crippen LogP) is 7.17. The second-order valence-electron chi connectivity index (χ2n) is 9.54. The van der Waals surface area contributed by atoms with Crippen LogP contribution in [0.15, 0.2) is 66.9 Å². The first-order valence-corrected chi connectivity index (χ1v) is 12.9. The summed E-state index contributed by atoms with van der Waals surface area (Å²) in [5, 5.41) is 4.49. The predicted molar refractivity (Wildman–Crippen MR) is 139 cm³/mol. The molecule has 6 rings (SSSR count). The zero-order valence-corrected chi connectivity index (χ0v) is 20.5. The second kappa shape index (κ2) is 8.48. The van der Waals surface area contributed by atoms with Gasteiger partial charge in [-0.05, 0) is 80.5 Å². The Labute approximate surface area is 204 Å². The number of aryl methyl sites for hydroxylation is 3. The molecule has 2 aromatic heterocycles. The number of carbonyl (C=O) groups is 1. The highest BCUT2D eigenvalue weighted by Crippen LogP contribution is 2.44. The van der Waals surface area contributed by atoms with Crippen molar-refractivity contribution < 1.29 is 4.79 Å². The monoisotopic (exact) mass is 467 g/mol. The summed E-state index contributed by atoms with van der Waals surface area (Å²) in [7, 11) is 0. The van der Waals surface area contributed by atoms with E-state index in [0.29, 0.717) is 6.54 Å². The number of fused-ring (bicyclic) bond motifs is 5. The van der Waals surface area contributed by atoms with E-state index in [1.165, 1.54) is 39.4 Å². The minimum atomic E-state index is -0.167. The van der Waals surface area contributed by atoms with Crippen molar-refractivity contribution >= 4 is 23.1 Å². The van der Waals surface area contributed by atoms with Crippen molar-refractivity contribution in [3.63, 3.8) is 0 Å². The number of rotatable bonds is 2. The van der Waals surface area contributed by atoms with Crippen LogP contribution in [0.4, 0.5) is 10.5 Å². The number of urea groups is 1. The average molecular weight is 468 g/mol. The van der Waals surface area contributed by atoms with Crippen molar-refractivity contribution in [1.82, 2.24) is 9.47 Å². The van der Waals surface area contributed by atoms with Crippen molar-refractivity contribution in [1.29, 1.82) is 0 Å². The number of benzene rings is 2. The first-order valence-electron chi connectivity index (χ1n) is 12.1. The lowest BCUT2D eigenvalue weighted by Crippen LogP contribution is -2.38. The van der Waals surface area contributed by atoms with Gasteiger partial charge in [-0.25, -0.2) is 4.79 Å². The van der Waals surface area contributed by atoms with Crippen LogP contribution in [-0.4, -0.2) is 15.5 Å². The van der Waals surface area contributed by atoms with Crippen LogP contribution in [0.1, 0.15) is 57.3 Å². The van der Waals surface area contributed by atoms with E-state index in [1.54, 1.807) is 0 Å². The van der Waals surface area contributed by atoms with Gasteiger partial charge in [-0.15, -0.1) is 11.3 Å². The van der Waals surface area contributed by atoms with E-state index in [9.17, 15) is 4.79 Å². The lowest BCUT2D eigenvalue weighted by atomic mass is 9.95. The Kier molecular flexibility index (Phi) is 5.30. The van der Waals surface area contributed by atoms with Gasteiger partial charge in [-0.1, -0.05) is 42.0 Å². The van der Waals surface area contributed by atoms with E-state index in [1.807, 2.05) is 47.4 Å². The number of carbonyl (C=O) groups excluding carboxylic acids is 1. The van der Waals surface area contributed by atoms with E-state index in [0.717, 1.165) is 35.3 Å². The van der Waals surface area contributed by atoms with Crippen molar-refractivity contribution in [2.24, 2.45) is 0 Å². The van der Waals surface area contributed by atoms with Gasteiger partial charge in [-0.3, -0.25) is 0 Å². The van der Waals surface area contributed by atoms with Crippen LogP contribution in [0.25, 0.3) is 5.00 Å². The second-order valence-corrected chi connectivity index (χ2v) is 10.6. The fourth-order valence-corrected chi connectivity index (χ4v) is 6.81. The number of hydrogen-bond donors (Lipinski definition) is 1. The van der Waals surface area contributed by atoms with Crippen molar-refractivity contribution in [2.75, 3.05) is 5.32 Å². The molecule has 4 aromatic rings. The Bertz CT molecular complexity index is 1360. The molecule has 34 heavy (non-hydrogen) atoms. The van der Waals surface area contributed by atoms with Gasteiger partial charge in [0.2, 0.25) is 0 Å². The third-order valence-electron chi connectivity index (χ3n) is 7.10. The van der Waals surface area contributed by atoms with Crippen LogP contribution in [-0.2, 0) is 19.4 Å². The van der Waals surface area contributed by atoms with E-state index < -0.39 is 0 Å². The van der Waals surface area contributed by atoms with Crippen molar-refractivity contribution in [3.05, 3.63) is 105 Å². The highest BCUT2D eigenvalue weighted by Gasteiger charge is 2.36. The Morgan fingerprint density at radius 3 is 2.59 bits per heavy atom. The first kappa shape index (κ1) is 21.2. The van der Waals surface area contributed by atoms with Gasteiger partial charge in [0, 0.05) is 22.3 Å². The lowest BCUT2D eigenvalue weighted by molar-refractivity contribution is 0.194. The van der Waals surface area contributed by atoms with Crippen LogP contribution in [0.2, 0.25) is 0 Å². The molecular weight excluding hydrogens is 438 g/mol. The summed E-state index contributed by atoms with van der Waals surface area (Å²) < 4.78 is 2.34. The van der Waals surface area contributed by atoms with E-state index >= 15 is 0 Å². The maximum atomic E-state index is 13.9. The summed E-state index contributed by atoms with van der Waals surface area (Å²) in [5.74, 6) is 0. The summed E-state index contributed by atoms with van der Waals surface area (Å²) in [6.45, 7) is 4.76. The number of aromatic nitrogens is 1. The van der Waals surface area contributed by atoms with Gasteiger partial charge >= 0.3 is 6.03 Å². The smallest absolute Gasteiger partial charge is 0.310 e. The number of nitrogens with one attached hydrogen (secondary N) is 1. The van der Waals surface area contributed by atoms with Gasteiger partial charge in [0.05, 0.1) is 18.3 Å². The molecule has 0 radical (unpaired) electrons. The Balaban J connectivity index is 1.50. The number of amides is 2. The largest absolute Gasteiger partial charge is 0.322 e. The molecule has 0 bridgehead atoms. The highest BCUT2D eigenvalue weighted by molar-refractivity contribution is 7.15. The SMILES string of the molecule is Cc1ccc([C@@H]2c3cccn3-c3sc4c(c3CN2C(=O)Nc2cccc(C)c2)CCCC4)cc1. The number of thiophene rings is 1. The fraction of sp³-hybridized carbons (Fsp3) is 0.276. The maximum Gasteiger partial charge on any atom is 0.322 e. The highest BCUT2D eigenvalue weighted by atomic mass is 32.1. The molecule has 4 nitrogen and oxygen atoms in total. The standard InChI is InChI=1S/C29H29N3OS/c1-19-12-14-21(15-13-19)27-25-10-6-16-31(25)28-24(23-9-3-4-11-26(23)34-28)18-32(27)29(33)30-22-8-5-7-20(2)17-22/h5-8,10,12-17,27H,3-4,9,11,18H2,1-2H3,(H,30,33)/t27-/m1/s1. The minimum absolute atomic E-state index is 0.0625. The normalized spacial score (nSPS) is 16.9. The van der Waals surface area contributed by atoms with Crippen LogP contribution in [0, 0.1) is 13.8 Å². The molecule has 5 heteroatoms. The van der Waals surface area contributed by atoms with E-state index in [-0.39, 0.29) is 12.1 Å². The topological polar surface area (TPSA) is 37.3 Å². The van der Waals surface area contributed by atoms with Gasteiger partial charge in [0.15, 0.2) is 0 Å². The molecule has 3 heterocycles. The average Bonchev–Trinajstić information content (AvgIpc) is 3.42. The number of hydrogen-bond acceptors (Lipinski definition) is 2. The molecule has 1 aliphatic carbocycles. The Morgan fingerprint density at radius 1 is 0.941 bits per heavy atom. The zero-order chi connectivity index (χ0) is 23.2. The molecule has 1 aliphatic heterocycles. The summed E-state index contributed by atoms with van der Waals surface area (Å²) in [4.78, 5) is 17.5. The molecule has 172 valence electrons. The van der Waals surface area contributed by atoms with Crippen LogP contribution < -0.4 is 5.32 Å². The van der Waals surface area contributed by atoms with Crippen molar-refractivity contribution in [2.45, 2.75) is 52.1 Å². The minimum Gasteiger partial charge on any atom is -0.310 e. The Morgan fingerprint density at radius 2 is 1.76 bits per heavy atom. The third-order valence-corrected chi connectivity index (χ3v) is 8.44. The molecule has 0 saturated carbocycles. The molecule has 2 aromatic carbocycles. The van der Waals surface area contributed by atoms with Crippen molar-refractivity contribution in [3.8, 4) is 5.00 Å². The number of nitrogens with zero attached hydrogens (tertiary/aromatic N) is 2. The van der Waals surface area contributed by atoms with Crippen LogP contribution >= 0.6 is 11.3 Å². The quantitative estimate of drug-likeness (QED) is 0.333. The molecule has 2 amide bonds.